The van der Waals surface area contributed by atoms with E-state index in [4.69, 9.17) is 0 Å². The van der Waals surface area contributed by atoms with E-state index in [-0.39, 0.29) is 0 Å². The van der Waals surface area contributed by atoms with E-state index in [1.165, 1.54) is 0 Å². The molecule has 0 radical (unpaired) electrons. The molecular formula is C9H11N3. The number of aryl methyl sites for hydroxylation is 3. The molecule has 0 aliphatic carbocycles. The molecule has 0 atom stereocenters. The van der Waals surface area contributed by atoms with Gasteiger partial charge >= 0.3 is 0 Å². The Bertz CT molecular complexity index is 429. The van der Waals surface area contributed by atoms with E-state index >= 15 is 0 Å². The van der Waals surface area contributed by atoms with Crippen molar-refractivity contribution in [1.29, 1.82) is 0 Å². The van der Waals surface area contributed by atoms with E-state index in [0.29, 0.717) is 0 Å². The van der Waals surface area contributed by atoms with E-state index in [1.807, 2.05) is 37.6 Å². The van der Waals surface area contributed by atoms with Gasteiger partial charge in [0.1, 0.15) is 12.0 Å². The van der Waals surface area contributed by atoms with Crippen LogP contribution in [0.4, 0.5) is 0 Å². The molecular weight excluding hydrogens is 150 g/mol. The highest BCUT2D eigenvalue weighted by molar-refractivity contribution is 5.42. The van der Waals surface area contributed by atoms with Crippen LogP contribution in [0.2, 0.25) is 0 Å². The summed E-state index contributed by atoms with van der Waals surface area (Å²) in [6.07, 6.45) is 1.82. The third-order valence-corrected chi connectivity index (χ3v) is 2.13. The van der Waals surface area contributed by atoms with E-state index in [9.17, 15) is 0 Å². The zero-order valence-corrected chi connectivity index (χ0v) is 7.50. The van der Waals surface area contributed by atoms with Gasteiger partial charge in [-0.15, -0.1) is 0 Å². The lowest BCUT2D eigenvalue weighted by molar-refractivity contribution is 1.01. The molecule has 0 amide bonds. The number of fused-ring (bicyclic) bond motifs is 1. The molecule has 0 saturated carbocycles. The molecule has 0 fully saturated rings. The Kier molecular flexibility index (Phi) is 1.40. The molecule has 0 spiro atoms. The summed E-state index contributed by atoms with van der Waals surface area (Å²) < 4.78 is 2.00. The van der Waals surface area contributed by atoms with Crippen LogP contribution in [0.25, 0.3) is 5.65 Å². The summed E-state index contributed by atoms with van der Waals surface area (Å²) in [6.45, 7) is 6.03. The van der Waals surface area contributed by atoms with Gasteiger partial charge in [0.15, 0.2) is 0 Å². The van der Waals surface area contributed by atoms with Gasteiger partial charge in [-0.05, 0) is 20.8 Å². The van der Waals surface area contributed by atoms with Gasteiger partial charge < -0.3 is 0 Å². The van der Waals surface area contributed by atoms with Crippen LogP contribution in [0.1, 0.15) is 17.1 Å². The number of hydrogen-bond donors (Lipinski definition) is 0. The summed E-state index contributed by atoms with van der Waals surface area (Å²) in [4.78, 5) is 8.60. The molecule has 0 bridgehead atoms. The van der Waals surface area contributed by atoms with Crippen molar-refractivity contribution < 1.29 is 0 Å². The standard InChI is InChI=1S/C9H11N3/c1-6-4-9-11-7(2)8(3)12(9)5-10-6/h4-5H,1-3H3. The Labute approximate surface area is 71.1 Å². The average Bonchev–Trinajstić information content (AvgIpc) is 2.28. The first-order valence-corrected chi connectivity index (χ1v) is 3.96. The predicted molar refractivity (Wildman–Crippen MR) is 47.2 cm³/mol. The first-order valence-electron chi connectivity index (χ1n) is 3.96. The van der Waals surface area contributed by atoms with Crippen LogP contribution in [0, 0.1) is 20.8 Å². The quantitative estimate of drug-likeness (QED) is 0.588. The minimum atomic E-state index is 0.984. The van der Waals surface area contributed by atoms with Crippen LogP contribution >= 0.6 is 0 Å². The van der Waals surface area contributed by atoms with Crippen LogP contribution in [0.15, 0.2) is 12.4 Å². The molecule has 12 heavy (non-hydrogen) atoms. The summed E-state index contributed by atoms with van der Waals surface area (Å²) in [7, 11) is 0. The maximum Gasteiger partial charge on any atom is 0.140 e. The van der Waals surface area contributed by atoms with Crippen molar-refractivity contribution >= 4 is 5.65 Å². The van der Waals surface area contributed by atoms with Crippen molar-refractivity contribution in [1.82, 2.24) is 14.4 Å². The topological polar surface area (TPSA) is 30.2 Å². The molecule has 2 rings (SSSR count). The minimum Gasteiger partial charge on any atom is -0.287 e. The van der Waals surface area contributed by atoms with Gasteiger partial charge in [-0.2, -0.15) is 0 Å². The van der Waals surface area contributed by atoms with Gasteiger partial charge in [0.05, 0.1) is 5.69 Å². The molecule has 0 saturated heterocycles. The number of rotatable bonds is 0. The summed E-state index contributed by atoms with van der Waals surface area (Å²) in [5, 5.41) is 0. The third-order valence-electron chi connectivity index (χ3n) is 2.13. The smallest absolute Gasteiger partial charge is 0.140 e. The Balaban J connectivity index is 2.87. The maximum atomic E-state index is 4.40. The molecule has 2 aromatic rings. The maximum absolute atomic E-state index is 4.40. The molecule has 0 aliphatic rings. The largest absolute Gasteiger partial charge is 0.287 e. The third kappa shape index (κ3) is 0.897. The number of aromatic nitrogens is 3. The number of hydrogen-bond acceptors (Lipinski definition) is 2. The second-order valence-electron chi connectivity index (χ2n) is 3.04. The molecule has 3 heteroatoms. The van der Waals surface area contributed by atoms with Gasteiger partial charge in [0, 0.05) is 17.5 Å². The lowest BCUT2D eigenvalue weighted by Gasteiger charge is -1.95. The van der Waals surface area contributed by atoms with Gasteiger partial charge in [-0.1, -0.05) is 0 Å². The van der Waals surface area contributed by atoms with Crippen LogP contribution in [0.5, 0.6) is 0 Å². The highest BCUT2D eigenvalue weighted by Gasteiger charge is 2.02. The Hall–Kier alpha value is -1.38. The monoisotopic (exact) mass is 161 g/mol. The van der Waals surface area contributed by atoms with Crippen molar-refractivity contribution in [3.8, 4) is 0 Å². The summed E-state index contributed by atoms with van der Waals surface area (Å²) in [5.41, 5.74) is 4.23. The summed E-state index contributed by atoms with van der Waals surface area (Å²) in [6, 6.07) is 1.99. The van der Waals surface area contributed by atoms with Gasteiger partial charge in [0.25, 0.3) is 0 Å². The van der Waals surface area contributed by atoms with Gasteiger partial charge in [0.2, 0.25) is 0 Å². The first kappa shape index (κ1) is 7.28. The van der Waals surface area contributed by atoms with Gasteiger partial charge in [-0.3, -0.25) is 4.40 Å². The molecule has 0 aliphatic heterocycles. The zero-order chi connectivity index (χ0) is 8.72. The Morgan fingerprint density at radius 3 is 2.75 bits per heavy atom. The van der Waals surface area contributed by atoms with Crippen LogP contribution in [0.3, 0.4) is 0 Å². The molecule has 0 N–H and O–H groups in total. The summed E-state index contributed by atoms with van der Waals surface area (Å²) >= 11 is 0. The van der Waals surface area contributed by atoms with Crippen LogP contribution in [-0.2, 0) is 0 Å². The Morgan fingerprint density at radius 1 is 1.25 bits per heavy atom. The highest BCUT2D eigenvalue weighted by atomic mass is 15.1. The summed E-state index contributed by atoms with van der Waals surface area (Å²) in [5.74, 6) is 0. The van der Waals surface area contributed by atoms with Crippen molar-refractivity contribution in [2.75, 3.05) is 0 Å². The Morgan fingerprint density at radius 2 is 2.00 bits per heavy atom. The average molecular weight is 161 g/mol. The lowest BCUT2D eigenvalue weighted by Crippen LogP contribution is -1.90. The van der Waals surface area contributed by atoms with E-state index in [2.05, 4.69) is 9.97 Å². The fourth-order valence-electron chi connectivity index (χ4n) is 1.27. The van der Waals surface area contributed by atoms with Crippen molar-refractivity contribution in [2.45, 2.75) is 20.8 Å². The first-order chi connectivity index (χ1) is 5.68. The number of imidazole rings is 1. The zero-order valence-electron chi connectivity index (χ0n) is 7.50. The molecule has 2 aromatic heterocycles. The predicted octanol–water partition coefficient (Wildman–Crippen LogP) is 1.65. The van der Waals surface area contributed by atoms with E-state index in [1.54, 1.807) is 0 Å². The van der Waals surface area contributed by atoms with Crippen LogP contribution in [-0.4, -0.2) is 14.4 Å². The van der Waals surface area contributed by atoms with Gasteiger partial charge in [-0.25, -0.2) is 9.97 Å². The molecule has 0 unspecified atom stereocenters. The van der Waals surface area contributed by atoms with Crippen molar-refractivity contribution in [3.63, 3.8) is 0 Å². The van der Waals surface area contributed by atoms with Crippen molar-refractivity contribution in [3.05, 3.63) is 29.5 Å². The highest BCUT2D eigenvalue weighted by Crippen LogP contribution is 2.09. The second-order valence-corrected chi connectivity index (χ2v) is 3.04. The second kappa shape index (κ2) is 2.30. The fraction of sp³-hybridized carbons (Fsp3) is 0.333. The molecule has 62 valence electrons. The fourth-order valence-corrected chi connectivity index (χ4v) is 1.27. The van der Waals surface area contributed by atoms with Crippen molar-refractivity contribution in [2.24, 2.45) is 0 Å². The molecule has 3 nitrogen and oxygen atoms in total. The minimum absolute atomic E-state index is 0.984. The SMILES string of the molecule is Cc1cc2nc(C)c(C)n2cn1. The van der Waals surface area contributed by atoms with E-state index < -0.39 is 0 Å². The molecule has 0 aromatic carbocycles. The lowest BCUT2D eigenvalue weighted by atomic mass is 10.4. The number of nitrogens with zero attached hydrogens (tertiary/aromatic N) is 3. The normalized spacial score (nSPS) is 10.9. The van der Waals surface area contributed by atoms with E-state index in [0.717, 1.165) is 22.7 Å². The van der Waals surface area contributed by atoms with Crippen LogP contribution < -0.4 is 0 Å². The molecule has 2 heterocycles.